The Morgan fingerprint density at radius 1 is 1.24 bits per heavy atom. The van der Waals surface area contributed by atoms with Crippen LogP contribution in [0.5, 0.6) is 0 Å². The first-order valence-corrected chi connectivity index (χ1v) is 7.75. The number of carbonyl (C=O) groups is 1. The molecular formula is C18H22N2O. The van der Waals surface area contributed by atoms with Gasteiger partial charge in [-0.3, -0.25) is 4.79 Å². The topological polar surface area (TPSA) is 41.5 Å². The van der Waals surface area contributed by atoms with Crippen molar-refractivity contribution >= 4 is 12.1 Å². The molecule has 2 aliphatic carbocycles. The maximum Gasteiger partial charge on any atom is 0.271 e. The lowest BCUT2D eigenvalue weighted by atomic mass is 9.95. The quantitative estimate of drug-likeness (QED) is 0.510. The van der Waals surface area contributed by atoms with E-state index in [1.54, 1.807) is 0 Å². The lowest BCUT2D eigenvalue weighted by Gasteiger charge is -2.12. The van der Waals surface area contributed by atoms with E-state index >= 15 is 0 Å². The molecular weight excluding hydrogens is 260 g/mol. The number of nitrogens with one attached hydrogen (secondary N) is 1. The van der Waals surface area contributed by atoms with E-state index in [9.17, 15) is 4.79 Å². The second-order valence-corrected chi connectivity index (χ2v) is 6.44. The van der Waals surface area contributed by atoms with E-state index in [1.165, 1.54) is 18.4 Å². The second-order valence-electron chi connectivity index (χ2n) is 6.44. The number of carbonyl (C=O) groups excluding carboxylic acids is 1. The van der Waals surface area contributed by atoms with E-state index in [0.717, 1.165) is 5.92 Å². The van der Waals surface area contributed by atoms with E-state index in [1.807, 2.05) is 30.5 Å². The molecule has 2 bridgehead atoms. The molecule has 21 heavy (non-hydrogen) atoms. The molecule has 1 saturated carbocycles. The molecule has 3 atom stereocenters. The van der Waals surface area contributed by atoms with Gasteiger partial charge in [0.2, 0.25) is 0 Å². The summed E-state index contributed by atoms with van der Waals surface area (Å²) < 4.78 is 0. The SMILES string of the molecule is CC(C)c1ccc(C(=O)N/N=C\[C@@H]2C[C@@H]3C=C[C@@H]2C3)cc1. The van der Waals surface area contributed by atoms with Gasteiger partial charge in [0.15, 0.2) is 0 Å². The van der Waals surface area contributed by atoms with Gasteiger partial charge in [0, 0.05) is 17.7 Å². The molecule has 3 rings (SSSR count). The number of amides is 1. The van der Waals surface area contributed by atoms with Crippen LogP contribution < -0.4 is 5.43 Å². The highest BCUT2D eigenvalue weighted by molar-refractivity contribution is 5.94. The Labute approximate surface area is 126 Å². The zero-order chi connectivity index (χ0) is 14.8. The van der Waals surface area contributed by atoms with Gasteiger partial charge in [0.25, 0.3) is 5.91 Å². The van der Waals surface area contributed by atoms with E-state index in [2.05, 4.69) is 36.5 Å². The molecule has 1 aromatic rings. The molecule has 3 nitrogen and oxygen atoms in total. The Bertz CT molecular complexity index is 571. The fraction of sp³-hybridized carbons (Fsp3) is 0.444. The van der Waals surface area contributed by atoms with Crippen LogP contribution in [0.3, 0.4) is 0 Å². The number of benzene rings is 1. The molecule has 1 fully saturated rings. The molecule has 0 spiro atoms. The highest BCUT2D eigenvalue weighted by Gasteiger charge is 2.34. The monoisotopic (exact) mass is 282 g/mol. The molecule has 0 unspecified atom stereocenters. The first kappa shape index (κ1) is 14.1. The van der Waals surface area contributed by atoms with Gasteiger partial charge in [0.1, 0.15) is 0 Å². The van der Waals surface area contributed by atoms with Gasteiger partial charge in [0.05, 0.1) is 0 Å². The highest BCUT2D eigenvalue weighted by Crippen LogP contribution is 2.42. The van der Waals surface area contributed by atoms with E-state index in [-0.39, 0.29) is 5.91 Å². The van der Waals surface area contributed by atoms with Gasteiger partial charge >= 0.3 is 0 Å². The van der Waals surface area contributed by atoms with Crippen molar-refractivity contribution in [1.29, 1.82) is 0 Å². The zero-order valence-corrected chi connectivity index (χ0v) is 12.6. The third-order valence-corrected chi connectivity index (χ3v) is 4.60. The minimum Gasteiger partial charge on any atom is -0.267 e. The Morgan fingerprint density at radius 2 is 2.00 bits per heavy atom. The predicted molar refractivity (Wildman–Crippen MR) is 85.3 cm³/mol. The van der Waals surface area contributed by atoms with E-state index in [0.29, 0.717) is 23.3 Å². The number of allylic oxidation sites excluding steroid dienone is 2. The standard InChI is InChI=1S/C18H22N2O/c1-12(2)14-5-7-15(8-6-14)18(21)20-19-11-17-10-13-3-4-16(17)9-13/h3-8,11-13,16-17H,9-10H2,1-2H3,(H,20,21)/b19-11-/t13-,16-,17+/m1/s1. The van der Waals surface area contributed by atoms with Gasteiger partial charge in [-0.2, -0.15) is 5.10 Å². The van der Waals surface area contributed by atoms with Crippen LogP contribution >= 0.6 is 0 Å². The van der Waals surface area contributed by atoms with Crippen LogP contribution in [0.25, 0.3) is 0 Å². The molecule has 1 aromatic carbocycles. The number of fused-ring (bicyclic) bond motifs is 2. The molecule has 110 valence electrons. The summed E-state index contributed by atoms with van der Waals surface area (Å²) in [5.74, 6) is 2.18. The molecule has 0 aromatic heterocycles. The Kier molecular flexibility index (Phi) is 3.91. The van der Waals surface area contributed by atoms with Crippen molar-refractivity contribution in [2.75, 3.05) is 0 Å². The molecule has 0 saturated heterocycles. The number of hydrogen-bond acceptors (Lipinski definition) is 2. The van der Waals surface area contributed by atoms with Crippen LogP contribution in [0.4, 0.5) is 0 Å². The second kappa shape index (κ2) is 5.84. The third-order valence-electron chi connectivity index (χ3n) is 4.60. The minimum atomic E-state index is -0.139. The number of hydrazone groups is 1. The molecule has 0 aliphatic heterocycles. The summed E-state index contributed by atoms with van der Waals surface area (Å²) in [4.78, 5) is 12.0. The maximum atomic E-state index is 12.0. The highest BCUT2D eigenvalue weighted by atomic mass is 16.2. The van der Waals surface area contributed by atoms with Crippen molar-refractivity contribution in [2.24, 2.45) is 22.9 Å². The van der Waals surface area contributed by atoms with Gasteiger partial charge < -0.3 is 0 Å². The Morgan fingerprint density at radius 3 is 2.57 bits per heavy atom. The average Bonchev–Trinajstić information content (AvgIpc) is 3.10. The summed E-state index contributed by atoms with van der Waals surface area (Å²) in [6, 6.07) is 7.73. The summed E-state index contributed by atoms with van der Waals surface area (Å²) in [7, 11) is 0. The summed E-state index contributed by atoms with van der Waals surface area (Å²) in [5.41, 5.74) is 4.54. The smallest absolute Gasteiger partial charge is 0.267 e. The van der Waals surface area contributed by atoms with Crippen molar-refractivity contribution in [3.05, 3.63) is 47.5 Å². The van der Waals surface area contributed by atoms with Crippen LogP contribution in [0.15, 0.2) is 41.5 Å². The first-order chi connectivity index (χ1) is 10.1. The Balaban J connectivity index is 1.55. The minimum absolute atomic E-state index is 0.139. The fourth-order valence-corrected chi connectivity index (χ4v) is 3.27. The van der Waals surface area contributed by atoms with Crippen LogP contribution in [0.1, 0.15) is 48.5 Å². The fourth-order valence-electron chi connectivity index (χ4n) is 3.27. The largest absolute Gasteiger partial charge is 0.271 e. The molecule has 1 amide bonds. The van der Waals surface area contributed by atoms with Gasteiger partial charge in [-0.25, -0.2) is 5.43 Å². The summed E-state index contributed by atoms with van der Waals surface area (Å²) in [5, 5.41) is 4.15. The van der Waals surface area contributed by atoms with Crippen molar-refractivity contribution in [2.45, 2.75) is 32.6 Å². The van der Waals surface area contributed by atoms with Crippen molar-refractivity contribution in [3.63, 3.8) is 0 Å². The van der Waals surface area contributed by atoms with Crippen LogP contribution in [-0.2, 0) is 0 Å². The normalized spacial score (nSPS) is 26.9. The molecule has 2 aliphatic rings. The number of rotatable bonds is 4. The predicted octanol–water partition coefficient (Wildman–Crippen LogP) is 3.74. The van der Waals surface area contributed by atoms with Crippen molar-refractivity contribution in [1.82, 2.24) is 5.43 Å². The molecule has 0 heterocycles. The van der Waals surface area contributed by atoms with Crippen LogP contribution in [-0.4, -0.2) is 12.1 Å². The molecule has 1 N–H and O–H groups in total. The number of nitrogens with zero attached hydrogens (tertiary/aromatic N) is 1. The van der Waals surface area contributed by atoms with Gasteiger partial charge in [-0.05, 0) is 48.3 Å². The van der Waals surface area contributed by atoms with E-state index in [4.69, 9.17) is 0 Å². The van der Waals surface area contributed by atoms with Crippen molar-refractivity contribution < 1.29 is 4.79 Å². The maximum absolute atomic E-state index is 12.0. The third kappa shape index (κ3) is 3.07. The lowest BCUT2D eigenvalue weighted by Crippen LogP contribution is -2.19. The van der Waals surface area contributed by atoms with Crippen LogP contribution in [0.2, 0.25) is 0 Å². The van der Waals surface area contributed by atoms with Crippen LogP contribution in [0, 0.1) is 17.8 Å². The van der Waals surface area contributed by atoms with Gasteiger partial charge in [-0.15, -0.1) is 0 Å². The summed E-state index contributed by atoms with van der Waals surface area (Å²) in [6.07, 6.45) is 8.93. The molecule has 0 radical (unpaired) electrons. The number of hydrogen-bond donors (Lipinski definition) is 1. The summed E-state index contributed by atoms with van der Waals surface area (Å²) in [6.45, 7) is 4.28. The van der Waals surface area contributed by atoms with E-state index < -0.39 is 0 Å². The van der Waals surface area contributed by atoms with Crippen molar-refractivity contribution in [3.8, 4) is 0 Å². The summed E-state index contributed by atoms with van der Waals surface area (Å²) >= 11 is 0. The van der Waals surface area contributed by atoms with Gasteiger partial charge in [-0.1, -0.05) is 38.1 Å². The average molecular weight is 282 g/mol. The molecule has 3 heteroatoms. The Hall–Kier alpha value is -1.90. The zero-order valence-electron chi connectivity index (χ0n) is 12.6. The lowest BCUT2D eigenvalue weighted by molar-refractivity contribution is 0.0955. The first-order valence-electron chi connectivity index (χ1n) is 7.75.